The van der Waals surface area contributed by atoms with Crippen LogP contribution < -0.4 is 4.72 Å². The number of alkyl halides is 3. The van der Waals surface area contributed by atoms with E-state index in [0.717, 1.165) is 0 Å². The molecule has 0 aliphatic carbocycles. The van der Waals surface area contributed by atoms with E-state index >= 15 is 0 Å². The molecule has 0 atom stereocenters. The van der Waals surface area contributed by atoms with E-state index in [1.165, 1.54) is 0 Å². The van der Waals surface area contributed by atoms with Crippen molar-refractivity contribution in [2.75, 3.05) is 16.1 Å². The normalized spacial score (nSPS) is 13.2. The topological polar surface area (TPSA) is 101 Å². The molecule has 1 rings (SSSR count). The standard InChI is InChI=1S/C9H10F3NO5S2/c1-19(15,16)5-20(17,18)13-7-4-6(9(10,11)12)2-3-8(7)14/h2-4,13-14H,5H2,1H3. The number of sulfone groups is 1. The molecule has 20 heavy (non-hydrogen) atoms. The summed E-state index contributed by atoms with van der Waals surface area (Å²) in [6.07, 6.45) is -4.08. The van der Waals surface area contributed by atoms with E-state index in [4.69, 9.17) is 0 Å². The van der Waals surface area contributed by atoms with Gasteiger partial charge in [-0.05, 0) is 18.2 Å². The van der Waals surface area contributed by atoms with Gasteiger partial charge < -0.3 is 5.11 Å². The molecule has 0 aromatic heterocycles. The molecule has 0 aliphatic rings. The monoisotopic (exact) mass is 333 g/mol. The third-order valence-electron chi connectivity index (χ3n) is 1.96. The first-order valence-corrected chi connectivity index (χ1v) is 8.60. The lowest BCUT2D eigenvalue weighted by Gasteiger charge is -2.12. The average molecular weight is 333 g/mol. The average Bonchev–Trinajstić information content (AvgIpc) is 2.15. The first-order valence-electron chi connectivity index (χ1n) is 4.88. The highest BCUT2D eigenvalue weighted by Gasteiger charge is 2.31. The molecule has 2 N–H and O–H groups in total. The Labute approximate surface area is 113 Å². The Morgan fingerprint density at radius 3 is 2.20 bits per heavy atom. The fourth-order valence-electron chi connectivity index (χ4n) is 1.27. The largest absolute Gasteiger partial charge is 0.506 e. The Morgan fingerprint density at radius 2 is 1.75 bits per heavy atom. The van der Waals surface area contributed by atoms with Crippen LogP contribution in [0.5, 0.6) is 5.75 Å². The Kier molecular flexibility index (Phi) is 4.25. The van der Waals surface area contributed by atoms with Crippen molar-refractivity contribution in [3.63, 3.8) is 0 Å². The first-order chi connectivity index (χ1) is 8.80. The Balaban J connectivity index is 3.16. The van der Waals surface area contributed by atoms with Crippen LogP contribution in [0.3, 0.4) is 0 Å². The maximum absolute atomic E-state index is 12.4. The molecule has 0 radical (unpaired) electrons. The van der Waals surface area contributed by atoms with E-state index in [1.807, 2.05) is 0 Å². The Bertz CT molecular complexity index is 710. The maximum atomic E-state index is 12.4. The highest BCUT2D eigenvalue weighted by molar-refractivity contribution is 8.08. The second-order valence-electron chi connectivity index (χ2n) is 3.99. The fraction of sp³-hybridized carbons (Fsp3) is 0.333. The molecule has 11 heteroatoms. The molecule has 0 fully saturated rings. The lowest BCUT2D eigenvalue weighted by molar-refractivity contribution is -0.137. The van der Waals surface area contributed by atoms with Gasteiger partial charge in [0.2, 0.25) is 10.0 Å². The van der Waals surface area contributed by atoms with Crippen molar-refractivity contribution >= 4 is 25.5 Å². The molecule has 0 aliphatic heterocycles. The number of benzene rings is 1. The summed E-state index contributed by atoms with van der Waals surface area (Å²) >= 11 is 0. The molecule has 0 saturated carbocycles. The van der Waals surface area contributed by atoms with Crippen molar-refractivity contribution < 1.29 is 35.1 Å². The number of phenolic OH excluding ortho intramolecular Hbond substituents is 1. The summed E-state index contributed by atoms with van der Waals surface area (Å²) in [6, 6.07) is 1.58. The molecular weight excluding hydrogens is 323 g/mol. The van der Waals surface area contributed by atoms with E-state index in [9.17, 15) is 35.1 Å². The van der Waals surface area contributed by atoms with Crippen LogP contribution in [0.2, 0.25) is 0 Å². The van der Waals surface area contributed by atoms with Crippen molar-refractivity contribution in [1.29, 1.82) is 0 Å². The number of hydrogen-bond acceptors (Lipinski definition) is 5. The van der Waals surface area contributed by atoms with Crippen LogP contribution in [0.15, 0.2) is 18.2 Å². The molecule has 0 unspecified atom stereocenters. The Morgan fingerprint density at radius 1 is 1.20 bits per heavy atom. The van der Waals surface area contributed by atoms with Crippen molar-refractivity contribution in [3.8, 4) is 5.75 Å². The van der Waals surface area contributed by atoms with Gasteiger partial charge in [0.25, 0.3) is 0 Å². The van der Waals surface area contributed by atoms with Gasteiger partial charge in [0.1, 0.15) is 5.75 Å². The SMILES string of the molecule is CS(=O)(=O)CS(=O)(=O)Nc1cc(C(F)(F)F)ccc1O. The smallest absolute Gasteiger partial charge is 0.416 e. The number of anilines is 1. The molecule has 0 bridgehead atoms. The molecule has 0 spiro atoms. The van der Waals surface area contributed by atoms with E-state index in [1.54, 1.807) is 4.72 Å². The summed E-state index contributed by atoms with van der Waals surface area (Å²) in [6.45, 7) is 0. The molecular formula is C9H10F3NO5S2. The zero-order valence-electron chi connectivity index (χ0n) is 9.97. The molecule has 6 nitrogen and oxygen atoms in total. The van der Waals surface area contributed by atoms with Crippen LogP contribution >= 0.6 is 0 Å². The molecule has 0 saturated heterocycles. The van der Waals surface area contributed by atoms with Gasteiger partial charge in [-0.25, -0.2) is 16.8 Å². The fourth-order valence-corrected chi connectivity index (χ4v) is 4.26. The van der Waals surface area contributed by atoms with E-state index in [0.29, 0.717) is 24.5 Å². The van der Waals surface area contributed by atoms with Crippen molar-refractivity contribution in [1.82, 2.24) is 0 Å². The minimum atomic E-state index is -4.73. The number of halogens is 3. The molecule has 114 valence electrons. The zero-order chi connectivity index (χ0) is 15.8. The highest BCUT2D eigenvalue weighted by atomic mass is 32.3. The van der Waals surface area contributed by atoms with E-state index < -0.39 is 48.1 Å². The predicted octanol–water partition coefficient (Wildman–Crippen LogP) is 1.15. The quantitative estimate of drug-likeness (QED) is 0.805. The van der Waals surface area contributed by atoms with Crippen LogP contribution in [0.4, 0.5) is 18.9 Å². The number of hydrogen-bond donors (Lipinski definition) is 2. The van der Waals surface area contributed by atoms with E-state index in [-0.39, 0.29) is 0 Å². The lowest BCUT2D eigenvalue weighted by Crippen LogP contribution is -2.22. The van der Waals surface area contributed by atoms with Crippen LogP contribution in [0.1, 0.15) is 5.56 Å². The summed E-state index contributed by atoms with van der Waals surface area (Å²) in [5.41, 5.74) is -1.93. The molecule has 0 amide bonds. The molecule has 1 aromatic rings. The van der Waals surface area contributed by atoms with Gasteiger partial charge in [0.05, 0.1) is 11.3 Å². The van der Waals surface area contributed by atoms with Crippen molar-refractivity contribution in [3.05, 3.63) is 23.8 Å². The second kappa shape index (κ2) is 5.13. The third-order valence-corrected chi connectivity index (χ3v) is 5.44. The summed E-state index contributed by atoms with van der Waals surface area (Å²) in [5.74, 6) is -0.755. The number of rotatable bonds is 4. The van der Waals surface area contributed by atoms with Gasteiger partial charge in [-0.2, -0.15) is 13.2 Å². The van der Waals surface area contributed by atoms with Crippen LogP contribution in [-0.2, 0) is 26.0 Å². The summed E-state index contributed by atoms with van der Waals surface area (Å²) in [4.78, 5) is 0. The van der Waals surface area contributed by atoms with Crippen molar-refractivity contribution in [2.24, 2.45) is 0 Å². The number of nitrogens with one attached hydrogen (secondary N) is 1. The number of aromatic hydroxyl groups is 1. The summed E-state index contributed by atoms with van der Waals surface area (Å²) in [5, 5.41) is 8.01. The van der Waals surface area contributed by atoms with Gasteiger partial charge in [-0.1, -0.05) is 0 Å². The minimum Gasteiger partial charge on any atom is -0.506 e. The second-order valence-corrected chi connectivity index (χ2v) is 8.22. The summed E-state index contributed by atoms with van der Waals surface area (Å²) < 4.78 is 83.6. The summed E-state index contributed by atoms with van der Waals surface area (Å²) in [7, 11) is -8.35. The van der Waals surface area contributed by atoms with Gasteiger partial charge in [-0.15, -0.1) is 0 Å². The third kappa shape index (κ3) is 4.89. The van der Waals surface area contributed by atoms with Crippen LogP contribution in [0.25, 0.3) is 0 Å². The molecule has 0 heterocycles. The van der Waals surface area contributed by atoms with Gasteiger partial charge in [-0.3, -0.25) is 4.72 Å². The molecule has 1 aromatic carbocycles. The highest BCUT2D eigenvalue weighted by Crippen LogP contribution is 2.34. The predicted molar refractivity (Wildman–Crippen MR) is 65.4 cm³/mol. The zero-order valence-corrected chi connectivity index (χ0v) is 11.6. The number of phenols is 1. The van der Waals surface area contributed by atoms with Crippen LogP contribution in [0, 0.1) is 0 Å². The maximum Gasteiger partial charge on any atom is 0.416 e. The number of sulfonamides is 1. The van der Waals surface area contributed by atoms with Crippen LogP contribution in [-0.4, -0.2) is 33.3 Å². The Hall–Kier alpha value is -1.49. The van der Waals surface area contributed by atoms with Gasteiger partial charge in [0, 0.05) is 6.26 Å². The van der Waals surface area contributed by atoms with Gasteiger partial charge in [0.15, 0.2) is 14.9 Å². The minimum absolute atomic E-state index is 0.370. The van der Waals surface area contributed by atoms with Crippen molar-refractivity contribution in [2.45, 2.75) is 6.18 Å². The van der Waals surface area contributed by atoms with Gasteiger partial charge >= 0.3 is 6.18 Å². The first kappa shape index (κ1) is 16.6. The lowest BCUT2D eigenvalue weighted by atomic mass is 10.2. The van der Waals surface area contributed by atoms with E-state index in [2.05, 4.69) is 0 Å².